The van der Waals surface area contributed by atoms with Gasteiger partial charge in [0, 0.05) is 12.5 Å². The Morgan fingerprint density at radius 3 is 3.04 bits per heavy atom. The second-order valence-electron chi connectivity index (χ2n) is 7.62. The van der Waals surface area contributed by atoms with Crippen molar-refractivity contribution in [1.82, 2.24) is 0 Å². The van der Waals surface area contributed by atoms with Crippen LogP contribution in [0.5, 0.6) is 11.5 Å². The minimum Gasteiger partial charge on any atom is -0.477 e. The van der Waals surface area contributed by atoms with Gasteiger partial charge in [-0.2, -0.15) is 0 Å². The first kappa shape index (κ1) is 16.0. The van der Waals surface area contributed by atoms with Crippen LogP contribution in [0.2, 0.25) is 0 Å². The average Bonchev–Trinajstić information content (AvgIpc) is 2.94. The maximum Gasteiger partial charge on any atom is 0.308 e. The van der Waals surface area contributed by atoms with Crippen molar-refractivity contribution in [3.63, 3.8) is 0 Å². The van der Waals surface area contributed by atoms with E-state index in [1.54, 1.807) is 12.1 Å². The molecule has 2 N–H and O–H groups in total. The van der Waals surface area contributed by atoms with E-state index in [4.69, 9.17) is 19.9 Å². The van der Waals surface area contributed by atoms with E-state index in [0.717, 1.165) is 36.8 Å². The predicted molar refractivity (Wildman–Crippen MR) is 91.9 cm³/mol. The molecule has 6 heteroatoms. The topological polar surface area (TPSA) is 87.8 Å². The van der Waals surface area contributed by atoms with E-state index < -0.39 is 23.1 Å². The second-order valence-corrected chi connectivity index (χ2v) is 7.62. The largest absolute Gasteiger partial charge is 0.477 e. The van der Waals surface area contributed by atoms with Gasteiger partial charge in [0.25, 0.3) is 0 Å². The number of hydrogen-bond donors (Lipinski definition) is 1. The van der Waals surface area contributed by atoms with Crippen molar-refractivity contribution in [2.24, 2.45) is 11.7 Å². The first-order valence-electron chi connectivity index (χ1n) is 9.12. The van der Waals surface area contributed by atoms with E-state index in [1.807, 2.05) is 12.1 Å². The molecule has 1 saturated carbocycles. The number of carbonyl (C=O) groups is 2. The van der Waals surface area contributed by atoms with Crippen LogP contribution in [0.1, 0.15) is 37.3 Å². The standard InChI is InChI=1S/C20H21NO5/c1-11(22)25-15-5-4-12-9-13-3-2-7-19-16(12)17(15)26-18(19)14(23)6-8-20(13,19)24-10-21/h4-6,8,13,18H,2-3,7,9-10,21H2,1H3/t13-,18+,19?,20-/m1/s1. The van der Waals surface area contributed by atoms with Crippen LogP contribution < -0.4 is 15.2 Å². The summed E-state index contributed by atoms with van der Waals surface area (Å²) in [5, 5.41) is 0. The fourth-order valence-corrected chi connectivity index (χ4v) is 5.85. The number of ketones is 1. The van der Waals surface area contributed by atoms with Gasteiger partial charge in [0.05, 0.1) is 12.1 Å². The molecule has 26 heavy (non-hydrogen) atoms. The normalized spacial score (nSPS) is 35.7. The fourth-order valence-electron chi connectivity index (χ4n) is 5.85. The third kappa shape index (κ3) is 1.69. The minimum absolute atomic E-state index is 0.0697. The SMILES string of the molecule is CC(=O)Oc1ccc2c3c1O[C@H]1C(=O)C=C[C@@]4(OCN)[C@H](CCCC314)C2. The summed E-state index contributed by atoms with van der Waals surface area (Å²) in [6, 6.07) is 3.77. The lowest BCUT2D eigenvalue weighted by Crippen LogP contribution is -2.69. The molecule has 3 aliphatic carbocycles. The lowest BCUT2D eigenvalue weighted by molar-refractivity contribution is -0.164. The third-order valence-electron chi connectivity index (χ3n) is 6.56. The van der Waals surface area contributed by atoms with E-state index in [2.05, 4.69) is 0 Å². The van der Waals surface area contributed by atoms with Gasteiger partial charge in [-0.05, 0) is 49.0 Å². The Morgan fingerprint density at radius 2 is 2.27 bits per heavy atom. The van der Waals surface area contributed by atoms with Crippen molar-refractivity contribution >= 4 is 11.8 Å². The Kier molecular flexibility index (Phi) is 3.19. The highest BCUT2D eigenvalue weighted by molar-refractivity contribution is 5.99. The highest BCUT2D eigenvalue weighted by Gasteiger charge is 2.71. The van der Waals surface area contributed by atoms with Crippen LogP contribution in [0.3, 0.4) is 0 Å². The summed E-state index contributed by atoms with van der Waals surface area (Å²) in [5.41, 5.74) is 6.71. The number of rotatable bonds is 3. The molecule has 0 radical (unpaired) electrons. The Bertz CT molecular complexity index is 862. The zero-order valence-corrected chi connectivity index (χ0v) is 14.6. The van der Waals surface area contributed by atoms with Crippen molar-refractivity contribution in [2.45, 2.75) is 49.7 Å². The number of benzene rings is 1. The van der Waals surface area contributed by atoms with Crippen LogP contribution in [0.4, 0.5) is 0 Å². The predicted octanol–water partition coefficient (Wildman–Crippen LogP) is 1.78. The molecule has 1 spiro atoms. The zero-order valence-electron chi connectivity index (χ0n) is 14.6. The fraction of sp³-hybridized carbons (Fsp3) is 0.500. The van der Waals surface area contributed by atoms with Gasteiger partial charge in [-0.1, -0.05) is 12.5 Å². The highest BCUT2D eigenvalue weighted by Crippen LogP contribution is 2.66. The molecule has 1 aliphatic heterocycles. The lowest BCUT2D eigenvalue weighted by atomic mass is 9.47. The van der Waals surface area contributed by atoms with Crippen LogP contribution in [-0.2, 0) is 26.2 Å². The number of hydrogen-bond acceptors (Lipinski definition) is 6. The Labute approximate surface area is 151 Å². The monoisotopic (exact) mass is 355 g/mol. The molecule has 2 bridgehead atoms. The van der Waals surface area contributed by atoms with Crippen LogP contribution >= 0.6 is 0 Å². The minimum atomic E-state index is -0.660. The van der Waals surface area contributed by atoms with Crippen molar-refractivity contribution in [3.8, 4) is 11.5 Å². The Morgan fingerprint density at radius 1 is 1.42 bits per heavy atom. The van der Waals surface area contributed by atoms with Gasteiger partial charge in [-0.25, -0.2) is 0 Å². The number of esters is 1. The summed E-state index contributed by atoms with van der Waals surface area (Å²) >= 11 is 0. The van der Waals surface area contributed by atoms with Gasteiger partial charge < -0.3 is 19.9 Å². The molecule has 1 heterocycles. The van der Waals surface area contributed by atoms with E-state index in [1.165, 1.54) is 6.92 Å². The number of carbonyl (C=O) groups excluding carboxylic acids is 2. The summed E-state index contributed by atoms with van der Waals surface area (Å²) in [4.78, 5) is 24.3. The molecule has 4 aliphatic rings. The van der Waals surface area contributed by atoms with Crippen LogP contribution in [-0.4, -0.2) is 30.2 Å². The molecule has 0 aromatic heterocycles. The molecule has 1 fully saturated rings. The maximum absolute atomic E-state index is 12.8. The van der Waals surface area contributed by atoms with Crippen molar-refractivity contribution in [2.75, 3.05) is 6.73 Å². The van der Waals surface area contributed by atoms with Gasteiger partial charge in [-0.15, -0.1) is 0 Å². The summed E-state index contributed by atoms with van der Waals surface area (Å²) in [6.07, 6.45) is 6.48. The average molecular weight is 355 g/mol. The van der Waals surface area contributed by atoms with Crippen molar-refractivity contribution < 1.29 is 23.8 Å². The van der Waals surface area contributed by atoms with Crippen LogP contribution in [0.15, 0.2) is 24.3 Å². The lowest BCUT2D eigenvalue weighted by Gasteiger charge is -2.59. The van der Waals surface area contributed by atoms with E-state index in [-0.39, 0.29) is 18.4 Å². The van der Waals surface area contributed by atoms with E-state index in [0.29, 0.717) is 11.5 Å². The molecule has 6 nitrogen and oxygen atoms in total. The second kappa shape index (κ2) is 5.18. The van der Waals surface area contributed by atoms with Crippen LogP contribution in [0, 0.1) is 5.92 Å². The van der Waals surface area contributed by atoms with Gasteiger partial charge in [0.2, 0.25) is 0 Å². The molecular formula is C20H21NO5. The quantitative estimate of drug-likeness (QED) is 0.505. The molecule has 5 rings (SSSR count). The first-order chi connectivity index (χ1) is 12.5. The van der Waals surface area contributed by atoms with Crippen molar-refractivity contribution in [3.05, 3.63) is 35.4 Å². The molecule has 4 atom stereocenters. The summed E-state index contributed by atoms with van der Waals surface area (Å²) in [5.74, 6) is 0.653. The van der Waals surface area contributed by atoms with Gasteiger partial charge in [0.15, 0.2) is 23.4 Å². The Hall–Kier alpha value is -2.18. The smallest absolute Gasteiger partial charge is 0.308 e. The number of ether oxygens (including phenoxy) is 3. The summed E-state index contributed by atoms with van der Waals surface area (Å²) in [6.45, 7) is 1.44. The molecule has 0 saturated heterocycles. The molecule has 0 amide bonds. The molecule has 1 aromatic carbocycles. The molecule has 1 unspecified atom stereocenters. The first-order valence-corrected chi connectivity index (χ1v) is 9.12. The summed E-state index contributed by atoms with van der Waals surface area (Å²) in [7, 11) is 0. The van der Waals surface area contributed by atoms with Gasteiger partial charge in [0.1, 0.15) is 5.60 Å². The van der Waals surface area contributed by atoms with Gasteiger partial charge >= 0.3 is 5.97 Å². The molecule has 1 aromatic rings. The maximum atomic E-state index is 12.8. The van der Waals surface area contributed by atoms with Gasteiger partial charge in [-0.3, -0.25) is 9.59 Å². The molecular weight excluding hydrogens is 334 g/mol. The number of nitrogens with two attached hydrogens (primary N) is 1. The Balaban J connectivity index is 1.82. The van der Waals surface area contributed by atoms with E-state index >= 15 is 0 Å². The highest BCUT2D eigenvalue weighted by atomic mass is 16.6. The van der Waals surface area contributed by atoms with Crippen LogP contribution in [0.25, 0.3) is 0 Å². The van der Waals surface area contributed by atoms with Crippen molar-refractivity contribution in [1.29, 1.82) is 0 Å². The summed E-state index contributed by atoms with van der Waals surface area (Å²) < 4.78 is 17.8. The zero-order chi connectivity index (χ0) is 18.1. The molecule has 136 valence electrons. The van der Waals surface area contributed by atoms with E-state index in [9.17, 15) is 9.59 Å². The third-order valence-corrected chi connectivity index (χ3v) is 6.56.